The van der Waals surface area contributed by atoms with E-state index in [2.05, 4.69) is 18.8 Å². The fourth-order valence-corrected chi connectivity index (χ4v) is 3.58. The Kier molecular flexibility index (Phi) is 4.88. The van der Waals surface area contributed by atoms with Gasteiger partial charge in [-0.1, -0.05) is 20.8 Å². The lowest BCUT2D eigenvalue weighted by atomic mass is 9.82. The molecular weight excluding hydrogens is 284 g/mol. The second-order valence-corrected chi connectivity index (χ2v) is 6.50. The maximum Gasteiger partial charge on any atom is 0.375 e. The fraction of sp³-hybridized carbons (Fsp3) is 0.688. The monoisotopic (exact) mass is 308 g/mol. The van der Waals surface area contributed by atoms with E-state index < -0.39 is 16.2 Å². The minimum absolute atomic E-state index is 0.0658. The van der Waals surface area contributed by atoms with E-state index >= 15 is 0 Å². The summed E-state index contributed by atoms with van der Waals surface area (Å²) in [5.41, 5.74) is 0.210. The summed E-state index contributed by atoms with van der Waals surface area (Å²) in [6.07, 6.45) is 3.41. The number of aryl methyl sites for hydroxylation is 1. The number of nitrogens with zero attached hydrogens (tertiary/aromatic N) is 1. The van der Waals surface area contributed by atoms with E-state index in [4.69, 9.17) is 4.74 Å². The lowest BCUT2D eigenvalue weighted by molar-refractivity contribution is -0.387. The second kappa shape index (κ2) is 6.50. The van der Waals surface area contributed by atoms with Crippen LogP contribution in [0.3, 0.4) is 0 Å². The zero-order valence-electron chi connectivity index (χ0n) is 13.6. The van der Waals surface area contributed by atoms with Crippen molar-refractivity contribution >= 4 is 5.69 Å². The first kappa shape index (κ1) is 16.5. The van der Waals surface area contributed by atoms with Crippen molar-refractivity contribution in [3.05, 3.63) is 31.7 Å². The van der Waals surface area contributed by atoms with Gasteiger partial charge in [-0.3, -0.25) is 14.9 Å². The number of H-pyrrole nitrogens is 1. The van der Waals surface area contributed by atoms with Crippen LogP contribution < -0.4 is 10.3 Å². The van der Waals surface area contributed by atoms with Crippen molar-refractivity contribution in [3.63, 3.8) is 0 Å². The van der Waals surface area contributed by atoms with Gasteiger partial charge in [0, 0.05) is 11.3 Å². The first-order valence-corrected chi connectivity index (χ1v) is 7.90. The molecule has 6 nitrogen and oxygen atoms in total. The van der Waals surface area contributed by atoms with Crippen molar-refractivity contribution in [1.29, 1.82) is 0 Å². The number of nitrogens with one attached hydrogen (secondary N) is 1. The van der Waals surface area contributed by atoms with Crippen molar-refractivity contribution in [2.45, 2.75) is 59.5 Å². The van der Waals surface area contributed by atoms with E-state index in [9.17, 15) is 14.9 Å². The summed E-state index contributed by atoms with van der Waals surface area (Å²) in [7, 11) is 0. The SMILES string of the molecule is CCc1c(C)[nH]c(=O)c([N+](=O)[O-])c1OC1CC(C)CC(C)C1. The van der Waals surface area contributed by atoms with Gasteiger partial charge in [-0.05, 0) is 44.4 Å². The molecule has 1 aliphatic rings. The number of hydrogen-bond donors (Lipinski definition) is 1. The Hall–Kier alpha value is -1.85. The van der Waals surface area contributed by atoms with Gasteiger partial charge in [-0.2, -0.15) is 0 Å². The Morgan fingerprint density at radius 1 is 1.27 bits per heavy atom. The highest BCUT2D eigenvalue weighted by atomic mass is 16.6. The molecule has 1 aliphatic carbocycles. The molecule has 22 heavy (non-hydrogen) atoms. The smallest absolute Gasteiger partial charge is 0.375 e. The molecule has 1 heterocycles. The van der Waals surface area contributed by atoms with Gasteiger partial charge in [-0.15, -0.1) is 0 Å². The first-order valence-electron chi connectivity index (χ1n) is 7.90. The zero-order valence-corrected chi connectivity index (χ0v) is 13.6. The molecule has 2 unspecified atom stereocenters. The number of rotatable bonds is 4. The minimum atomic E-state index is -0.688. The highest BCUT2D eigenvalue weighted by Crippen LogP contribution is 2.36. The van der Waals surface area contributed by atoms with Crippen molar-refractivity contribution < 1.29 is 9.66 Å². The van der Waals surface area contributed by atoms with Crippen molar-refractivity contribution in [3.8, 4) is 5.75 Å². The average Bonchev–Trinajstić information content (AvgIpc) is 2.36. The number of pyridine rings is 1. The van der Waals surface area contributed by atoms with Crippen LogP contribution in [0.2, 0.25) is 0 Å². The summed E-state index contributed by atoms with van der Waals surface area (Å²) < 4.78 is 6.01. The molecule has 0 spiro atoms. The molecule has 1 fully saturated rings. The molecule has 122 valence electrons. The fourth-order valence-electron chi connectivity index (χ4n) is 3.58. The van der Waals surface area contributed by atoms with Crippen LogP contribution in [-0.4, -0.2) is 16.0 Å². The third-order valence-corrected chi connectivity index (χ3v) is 4.41. The maximum absolute atomic E-state index is 12.0. The summed E-state index contributed by atoms with van der Waals surface area (Å²) in [5.74, 6) is 1.22. The van der Waals surface area contributed by atoms with Crippen molar-refractivity contribution in [2.75, 3.05) is 0 Å². The number of aromatic amines is 1. The molecule has 1 aromatic heterocycles. The van der Waals surface area contributed by atoms with E-state index in [1.54, 1.807) is 6.92 Å². The Morgan fingerprint density at radius 3 is 2.36 bits per heavy atom. The van der Waals surface area contributed by atoms with Crippen LogP contribution >= 0.6 is 0 Å². The van der Waals surface area contributed by atoms with E-state index in [1.165, 1.54) is 0 Å². The standard InChI is InChI=1S/C16H24N2O4/c1-5-13-11(4)17-16(19)14(18(20)21)15(13)22-12-7-9(2)6-10(3)8-12/h9-10,12H,5-8H2,1-4H3,(H,17,19). The summed E-state index contributed by atoms with van der Waals surface area (Å²) in [6, 6.07) is 0. The van der Waals surface area contributed by atoms with Gasteiger partial charge in [0.05, 0.1) is 11.0 Å². The molecule has 2 rings (SSSR count). The Labute approximate surface area is 130 Å². The summed E-state index contributed by atoms with van der Waals surface area (Å²) in [6.45, 7) is 8.00. The molecule has 0 aromatic carbocycles. The average molecular weight is 308 g/mol. The Balaban J connectivity index is 2.44. The molecule has 0 bridgehead atoms. The van der Waals surface area contributed by atoms with Gasteiger partial charge in [-0.25, -0.2) is 0 Å². The minimum Gasteiger partial charge on any atom is -0.483 e. The Bertz CT molecular complexity index is 613. The number of hydrogen-bond acceptors (Lipinski definition) is 4. The molecule has 1 aromatic rings. The van der Waals surface area contributed by atoms with Gasteiger partial charge in [0.25, 0.3) is 0 Å². The Morgan fingerprint density at radius 2 is 1.86 bits per heavy atom. The molecule has 0 aliphatic heterocycles. The lowest BCUT2D eigenvalue weighted by Crippen LogP contribution is -2.30. The molecule has 1 N–H and O–H groups in total. The number of nitro groups is 1. The first-order chi connectivity index (χ1) is 10.3. The number of aromatic nitrogens is 1. The topological polar surface area (TPSA) is 85.2 Å². The zero-order chi connectivity index (χ0) is 16.4. The maximum atomic E-state index is 12.0. The summed E-state index contributed by atoms with van der Waals surface area (Å²) in [5, 5.41) is 11.3. The van der Waals surface area contributed by atoms with Gasteiger partial charge < -0.3 is 9.72 Å². The predicted molar refractivity (Wildman–Crippen MR) is 84.4 cm³/mol. The van der Waals surface area contributed by atoms with E-state index in [0.717, 1.165) is 24.8 Å². The van der Waals surface area contributed by atoms with Crippen LogP contribution in [0.5, 0.6) is 5.75 Å². The van der Waals surface area contributed by atoms with Crippen LogP contribution in [0.25, 0.3) is 0 Å². The van der Waals surface area contributed by atoms with Crippen LogP contribution in [0.1, 0.15) is 51.3 Å². The van der Waals surface area contributed by atoms with Crippen LogP contribution in [0, 0.1) is 28.9 Å². The molecule has 1 saturated carbocycles. The highest BCUT2D eigenvalue weighted by Gasteiger charge is 2.31. The second-order valence-electron chi connectivity index (χ2n) is 6.50. The third-order valence-electron chi connectivity index (χ3n) is 4.41. The van der Waals surface area contributed by atoms with E-state index in [-0.39, 0.29) is 11.9 Å². The van der Waals surface area contributed by atoms with Crippen LogP contribution in [-0.2, 0) is 6.42 Å². The van der Waals surface area contributed by atoms with E-state index in [1.807, 2.05) is 6.92 Å². The molecule has 6 heteroatoms. The molecular formula is C16H24N2O4. The van der Waals surface area contributed by atoms with Gasteiger partial charge in [0.2, 0.25) is 5.75 Å². The quantitative estimate of drug-likeness (QED) is 0.682. The molecule has 0 saturated heterocycles. The molecule has 0 amide bonds. The summed E-state index contributed by atoms with van der Waals surface area (Å²) >= 11 is 0. The van der Waals surface area contributed by atoms with Crippen molar-refractivity contribution in [2.24, 2.45) is 11.8 Å². The highest BCUT2D eigenvalue weighted by molar-refractivity contribution is 5.52. The molecule has 2 atom stereocenters. The lowest BCUT2D eigenvalue weighted by Gasteiger charge is -2.32. The van der Waals surface area contributed by atoms with Crippen LogP contribution in [0.15, 0.2) is 4.79 Å². The predicted octanol–water partition coefficient (Wildman–Crippen LogP) is 3.36. The van der Waals surface area contributed by atoms with Crippen molar-refractivity contribution in [1.82, 2.24) is 4.98 Å². The van der Waals surface area contributed by atoms with Gasteiger partial charge >= 0.3 is 11.2 Å². The van der Waals surface area contributed by atoms with E-state index in [0.29, 0.717) is 24.0 Å². The third kappa shape index (κ3) is 3.31. The largest absolute Gasteiger partial charge is 0.483 e. The van der Waals surface area contributed by atoms with Gasteiger partial charge in [0.15, 0.2) is 0 Å². The summed E-state index contributed by atoms with van der Waals surface area (Å²) in [4.78, 5) is 25.2. The normalized spacial score (nSPS) is 25.0. The number of ether oxygens (including phenoxy) is 1. The molecule has 0 radical (unpaired) electrons. The van der Waals surface area contributed by atoms with Crippen LogP contribution in [0.4, 0.5) is 5.69 Å². The van der Waals surface area contributed by atoms with Gasteiger partial charge in [0.1, 0.15) is 0 Å².